The summed E-state index contributed by atoms with van der Waals surface area (Å²) in [6, 6.07) is 40.2. The molecule has 0 amide bonds. The first-order valence-electron chi connectivity index (χ1n) is 16.5. The van der Waals surface area contributed by atoms with E-state index in [4.69, 9.17) is 5.73 Å². The summed E-state index contributed by atoms with van der Waals surface area (Å²) in [5, 5.41) is 2.49. The lowest BCUT2D eigenvalue weighted by Gasteiger charge is -2.34. The molecule has 0 aromatic heterocycles. The summed E-state index contributed by atoms with van der Waals surface area (Å²) in [5.41, 5.74) is 16.5. The van der Waals surface area contributed by atoms with Crippen molar-refractivity contribution in [2.45, 2.75) is 83.5 Å². The molecule has 220 valence electrons. The van der Waals surface area contributed by atoms with Crippen molar-refractivity contribution in [1.29, 1.82) is 0 Å². The quantitative estimate of drug-likeness (QED) is 0.113. The SMILES string of the molecule is CCCCCCC1(CCCCCC)c2ccccc2-c2ccc(N(c3cccc(N)c3)c3ccc4ccccc4c3)cc21. The van der Waals surface area contributed by atoms with E-state index in [-0.39, 0.29) is 5.41 Å². The molecule has 2 N–H and O–H groups in total. The average molecular weight is 567 g/mol. The molecule has 5 aromatic carbocycles. The van der Waals surface area contributed by atoms with Crippen LogP contribution in [0.5, 0.6) is 0 Å². The largest absolute Gasteiger partial charge is 0.399 e. The second-order valence-corrected chi connectivity index (χ2v) is 12.4. The number of nitrogens with two attached hydrogens (primary N) is 1. The summed E-state index contributed by atoms with van der Waals surface area (Å²) in [5.74, 6) is 0. The van der Waals surface area contributed by atoms with Crippen LogP contribution in [0, 0.1) is 0 Å². The molecule has 0 fully saturated rings. The van der Waals surface area contributed by atoms with Crippen molar-refractivity contribution < 1.29 is 0 Å². The number of benzene rings is 5. The van der Waals surface area contributed by atoms with Crippen LogP contribution >= 0.6 is 0 Å². The molecule has 0 saturated heterocycles. The van der Waals surface area contributed by atoms with Crippen LogP contribution in [-0.4, -0.2) is 0 Å². The first kappa shape index (κ1) is 29.1. The Morgan fingerprint density at radius 1 is 0.512 bits per heavy atom. The highest BCUT2D eigenvalue weighted by molar-refractivity contribution is 5.91. The Morgan fingerprint density at radius 3 is 1.88 bits per heavy atom. The molecule has 0 unspecified atom stereocenters. The lowest BCUT2D eigenvalue weighted by molar-refractivity contribution is 0.401. The Morgan fingerprint density at radius 2 is 1.14 bits per heavy atom. The van der Waals surface area contributed by atoms with Crippen molar-refractivity contribution >= 4 is 33.5 Å². The number of nitrogens with zero attached hydrogens (tertiary/aromatic N) is 1. The second-order valence-electron chi connectivity index (χ2n) is 12.4. The molecule has 0 saturated carbocycles. The number of rotatable bonds is 13. The Hall–Kier alpha value is -4.04. The number of nitrogen functional groups attached to an aromatic ring is 1. The van der Waals surface area contributed by atoms with Gasteiger partial charge in [-0.1, -0.05) is 132 Å². The number of anilines is 4. The molecule has 1 aliphatic rings. The standard InChI is InChI=1S/C41H46N2/c1-3-5-7-13-26-41(27-14-8-6-4-2)39-21-12-11-20-37(39)38-25-24-36(30-40(38)41)43(34-19-15-18-33(42)29-34)35-23-22-31-16-9-10-17-32(31)28-35/h9-12,15-25,28-30H,3-8,13-14,26-27,42H2,1-2H3. The minimum absolute atomic E-state index is 0.0498. The van der Waals surface area contributed by atoms with E-state index in [1.54, 1.807) is 0 Å². The zero-order valence-electron chi connectivity index (χ0n) is 26.0. The Bertz CT molecular complexity index is 1670. The average Bonchev–Trinajstić information content (AvgIpc) is 3.31. The van der Waals surface area contributed by atoms with Gasteiger partial charge in [-0.2, -0.15) is 0 Å². The van der Waals surface area contributed by atoms with Gasteiger partial charge in [-0.15, -0.1) is 0 Å². The molecule has 0 spiro atoms. The van der Waals surface area contributed by atoms with E-state index in [0.29, 0.717) is 0 Å². The molecule has 0 radical (unpaired) electrons. The van der Waals surface area contributed by atoms with Crippen molar-refractivity contribution in [2.75, 3.05) is 10.6 Å². The van der Waals surface area contributed by atoms with Crippen LogP contribution in [0.15, 0.2) is 109 Å². The molecule has 0 atom stereocenters. The summed E-state index contributed by atoms with van der Waals surface area (Å²) < 4.78 is 0. The van der Waals surface area contributed by atoms with Crippen molar-refractivity contribution in [2.24, 2.45) is 0 Å². The van der Waals surface area contributed by atoms with E-state index in [1.807, 2.05) is 6.07 Å². The van der Waals surface area contributed by atoms with Gasteiger partial charge in [0.1, 0.15) is 0 Å². The molecule has 5 aromatic rings. The predicted octanol–water partition coefficient (Wildman–Crippen LogP) is 12.1. The van der Waals surface area contributed by atoms with Crippen molar-refractivity contribution in [3.8, 4) is 11.1 Å². The van der Waals surface area contributed by atoms with Crippen LogP contribution in [0.3, 0.4) is 0 Å². The highest BCUT2D eigenvalue weighted by Gasteiger charge is 2.42. The van der Waals surface area contributed by atoms with E-state index in [2.05, 4.69) is 122 Å². The first-order chi connectivity index (χ1) is 21.1. The fourth-order valence-electron chi connectivity index (χ4n) is 7.38. The molecule has 43 heavy (non-hydrogen) atoms. The van der Waals surface area contributed by atoms with Gasteiger partial charge >= 0.3 is 0 Å². The van der Waals surface area contributed by atoms with Crippen LogP contribution in [-0.2, 0) is 5.41 Å². The van der Waals surface area contributed by atoms with E-state index in [9.17, 15) is 0 Å². The van der Waals surface area contributed by atoms with E-state index in [1.165, 1.54) is 103 Å². The van der Waals surface area contributed by atoms with E-state index in [0.717, 1.165) is 17.1 Å². The van der Waals surface area contributed by atoms with Gasteiger partial charge in [0.15, 0.2) is 0 Å². The fraction of sp³-hybridized carbons (Fsp3) is 0.317. The summed E-state index contributed by atoms with van der Waals surface area (Å²) in [6.07, 6.45) is 12.7. The molecular weight excluding hydrogens is 520 g/mol. The summed E-state index contributed by atoms with van der Waals surface area (Å²) in [7, 11) is 0. The van der Waals surface area contributed by atoms with Gasteiger partial charge in [-0.05, 0) is 88.3 Å². The Kier molecular flexibility index (Phi) is 8.84. The molecule has 2 heteroatoms. The molecule has 0 bridgehead atoms. The summed E-state index contributed by atoms with van der Waals surface area (Å²) in [6.45, 7) is 4.62. The maximum absolute atomic E-state index is 6.37. The minimum atomic E-state index is 0.0498. The topological polar surface area (TPSA) is 29.3 Å². The third-order valence-corrected chi connectivity index (χ3v) is 9.54. The molecule has 6 rings (SSSR count). The summed E-state index contributed by atoms with van der Waals surface area (Å²) >= 11 is 0. The summed E-state index contributed by atoms with van der Waals surface area (Å²) in [4.78, 5) is 2.39. The van der Waals surface area contributed by atoms with Crippen molar-refractivity contribution in [3.63, 3.8) is 0 Å². The molecule has 2 nitrogen and oxygen atoms in total. The fourth-order valence-corrected chi connectivity index (χ4v) is 7.38. The van der Waals surface area contributed by atoms with Gasteiger partial charge in [-0.3, -0.25) is 0 Å². The Labute approximate surface area is 258 Å². The number of unbranched alkanes of at least 4 members (excludes halogenated alkanes) is 6. The monoisotopic (exact) mass is 566 g/mol. The lowest BCUT2D eigenvalue weighted by Crippen LogP contribution is -2.26. The van der Waals surface area contributed by atoms with E-state index < -0.39 is 0 Å². The van der Waals surface area contributed by atoms with Crippen molar-refractivity contribution in [1.82, 2.24) is 0 Å². The smallest absolute Gasteiger partial charge is 0.0482 e. The van der Waals surface area contributed by atoms with Crippen LogP contribution in [0.2, 0.25) is 0 Å². The van der Waals surface area contributed by atoms with Gasteiger partial charge in [0.2, 0.25) is 0 Å². The first-order valence-corrected chi connectivity index (χ1v) is 16.5. The molecule has 0 aliphatic heterocycles. The minimum Gasteiger partial charge on any atom is -0.399 e. The molecule has 0 heterocycles. The van der Waals surface area contributed by atoms with Gasteiger partial charge in [0.25, 0.3) is 0 Å². The highest BCUT2D eigenvalue weighted by atomic mass is 15.1. The van der Waals surface area contributed by atoms with Gasteiger partial charge in [-0.25, -0.2) is 0 Å². The number of hydrogen-bond donors (Lipinski definition) is 1. The highest BCUT2D eigenvalue weighted by Crippen LogP contribution is 2.55. The lowest BCUT2D eigenvalue weighted by atomic mass is 9.70. The third kappa shape index (κ3) is 5.80. The molecule has 1 aliphatic carbocycles. The van der Waals surface area contributed by atoms with Crippen LogP contribution < -0.4 is 10.6 Å². The number of hydrogen-bond acceptors (Lipinski definition) is 2. The second kappa shape index (κ2) is 13.1. The zero-order valence-corrected chi connectivity index (χ0v) is 26.0. The maximum Gasteiger partial charge on any atom is 0.0482 e. The van der Waals surface area contributed by atoms with Crippen LogP contribution in [0.25, 0.3) is 21.9 Å². The normalized spacial score (nSPS) is 13.2. The van der Waals surface area contributed by atoms with Gasteiger partial charge < -0.3 is 10.6 Å². The third-order valence-electron chi connectivity index (χ3n) is 9.54. The number of fused-ring (bicyclic) bond motifs is 4. The van der Waals surface area contributed by atoms with Gasteiger partial charge in [0.05, 0.1) is 0 Å². The van der Waals surface area contributed by atoms with Crippen LogP contribution in [0.4, 0.5) is 22.7 Å². The maximum atomic E-state index is 6.37. The van der Waals surface area contributed by atoms with E-state index >= 15 is 0 Å². The van der Waals surface area contributed by atoms with Gasteiger partial charge in [0, 0.05) is 28.2 Å². The Balaban J connectivity index is 1.51. The predicted molar refractivity (Wildman–Crippen MR) is 187 cm³/mol. The van der Waals surface area contributed by atoms with Crippen molar-refractivity contribution in [3.05, 3.63) is 120 Å². The zero-order chi connectivity index (χ0) is 29.6. The molecular formula is C41H46N2. The van der Waals surface area contributed by atoms with Crippen LogP contribution in [0.1, 0.15) is 89.2 Å².